The van der Waals surface area contributed by atoms with E-state index in [1.807, 2.05) is 32.0 Å². The number of carbonyl (C=O) groups excluding carboxylic acids is 1. The van der Waals surface area contributed by atoms with Crippen molar-refractivity contribution < 1.29 is 17.9 Å². The highest BCUT2D eigenvalue weighted by atomic mass is 32.2. The molecule has 0 fully saturated rings. The minimum atomic E-state index is -3.55. The number of benzene rings is 2. The van der Waals surface area contributed by atoms with Gasteiger partial charge in [-0.05, 0) is 55.3 Å². The molecule has 25 heavy (non-hydrogen) atoms. The number of sulfonamides is 1. The lowest BCUT2D eigenvalue weighted by Crippen LogP contribution is -2.23. The Morgan fingerprint density at radius 1 is 1.08 bits per heavy atom. The zero-order valence-corrected chi connectivity index (χ0v) is 15.6. The van der Waals surface area contributed by atoms with Crippen LogP contribution in [0.5, 0.6) is 5.75 Å². The number of amides is 1. The third-order valence-electron chi connectivity index (χ3n) is 3.46. The van der Waals surface area contributed by atoms with Crippen molar-refractivity contribution in [3.05, 3.63) is 53.6 Å². The van der Waals surface area contributed by atoms with Gasteiger partial charge in [0.25, 0.3) is 5.91 Å². The molecule has 7 heteroatoms. The van der Waals surface area contributed by atoms with Crippen LogP contribution in [0.15, 0.2) is 47.4 Å². The van der Waals surface area contributed by atoms with Gasteiger partial charge in [-0.15, -0.1) is 0 Å². The maximum Gasteiger partial charge on any atom is 0.262 e. The van der Waals surface area contributed by atoms with Gasteiger partial charge in [0.15, 0.2) is 6.61 Å². The van der Waals surface area contributed by atoms with Crippen molar-refractivity contribution in [2.24, 2.45) is 0 Å². The fourth-order valence-corrected chi connectivity index (χ4v) is 3.26. The summed E-state index contributed by atoms with van der Waals surface area (Å²) in [6.45, 7) is 3.75. The molecule has 0 unspecified atom stereocenters. The fourth-order valence-electron chi connectivity index (χ4n) is 2.31. The summed E-state index contributed by atoms with van der Waals surface area (Å²) in [5, 5.41) is 2.65. The van der Waals surface area contributed by atoms with Crippen LogP contribution in [-0.2, 0) is 14.8 Å². The van der Waals surface area contributed by atoms with E-state index >= 15 is 0 Å². The predicted octanol–water partition coefficient (Wildman–Crippen LogP) is 2.57. The Morgan fingerprint density at radius 3 is 2.32 bits per heavy atom. The Bertz CT molecular complexity index is 856. The van der Waals surface area contributed by atoms with Gasteiger partial charge in [0.2, 0.25) is 10.0 Å². The van der Waals surface area contributed by atoms with E-state index in [1.54, 1.807) is 12.1 Å². The molecule has 0 aliphatic heterocycles. The zero-order chi connectivity index (χ0) is 18.6. The van der Waals surface area contributed by atoms with Crippen molar-refractivity contribution in [3.63, 3.8) is 0 Å². The first kappa shape index (κ1) is 19.0. The number of carbonyl (C=O) groups is 1. The van der Waals surface area contributed by atoms with Crippen LogP contribution in [0.1, 0.15) is 11.1 Å². The van der Waals surface area contributed by atoms with Crippen LogP contribution < -0.4 is 10.1 Å². The van der Waals surface area contributed by atoms with Gasteiger partial charge < -0.3 is 10.1 Å². The summed E-state index contributed by atoms with van der Waals surface area (Å²) in [4.78, 5) is 12.2. The molecule has 0 bridgehead atoms. The van der Waals surface area contributed by atoms with Gasteiger partial charge in [0.1, 0.15) is 5.75 Å². The Morgan fingerprint density at radius 2 is 1.72 bits per heavy atom. The van der Waals surface area contributed by atoms with Crippen LogP contribution in [0.25, 0.3) is 0 Å². The Hall–Kier alpha value is -2.38. The van der Waals surface area contributed by atoms with Gasteiger partial charge in [-0.2, -0.15) is 0 Å². The largest absolute Gasteiger partial charge is 0.484 e. The second-order valence-corrected chi connectivity index (χ2v) is 8.13. The summed E-state index contributed by atoms with van der Waals surface area (Å²) >= 11 is 0. The molecule has 0 saturated carbocycles. The molecule has 0 saturated heterocycles. The second kappa shape index (κ2) is 7.67. The predicted molar refractivity (Wildman–Crippen MR) is 97.4 cm³/mol. The minimum absolute atomic E-state index is 0.116. The van der Waals surface area contributed by atoms with Gasteiger partial charge in [-0.3, -0.25) is 4.79 Å². The maximum absolute atomic E-state index is 12.1. The molecule has 2 rings (SSSR count). The van der Waals surface area contributed by atoms with Crippen molar-refractivity contribution >= 4 is 21.6 Å². The van der Waals surface area contributed by atoms with E-state index in [0.29, 0.717) is 11.4 Å². The van der Waals surface area contributed by atoms with Gasteiger partial charge in [0, 0.05) is 19.8 Å². The standard InChI is InChI=1S/C18H22N2O4S/c1-13-8-14(2)10-16(9-13)24-12-18(21)19-15-6-5-7-17(11-15)25(22,23)20(3)4/h5-11H,12H2,1-4H3,(H,19,21). The summed E-state index contributed by atoms with van der Waals surface area (Å²) in [6, 6.07) is 11.8. The number of nitrogens with one attached hydrogen (secondary N) is 1. The molecule has 0 aliphatic rings. The van der Waals surface area contributed by atoms with E-state index in [2.05, 4.69) is 5.32 Å². The van der Waals surface area contributed by atoms with Gasteiger partial charge in [0.05, 0.1) is 4.90 Å². The normalized spacial score (nSPS) is 11.4. The van der Waals surface area contributed by atoms with E-state index in [0.717, 1.165) is 15.4 Å². The highest BCUT2D eigenvalue weighted by molar-refractivity contribution is 7.89. The average molecular weight is 362 g/mol. The summed E-state index contributed by atoms with van der Waals surface area (Å²) in [6.07, 6.45) is 0. The van der Waals surface area contributed by atoms with Crippen molar-refractivity contribution in [1.29, 1.82) is 0 Å². The fraction of sp³-hybridized carbons (Fsp3) is 0.278. The monoisotopic (exact) mass is 362 g/mol. The molecule has 1 N–H and O–H groups in total. The molecule has 0 heterocycles. The third kappa shape index (κ3) is 5.04. The Labute approximate surface area is 148 Å². The SMILES string of the molecule is Cc1cc(C)cc(OCC(=O)Nc2cccc(S(=O)(=O)N(C)C)c2)c1. The maximum atomic E-state index is 12.1. The first-order chi connectivity index (χ1) is 11.7. The number of ether oxygens (including phenoxy) is 1. The molecule has 134 valence electrons. The molecule has 0 atom stereocenters. The number of rotatable bonds is 6. The van der Waals surface area contributed by atoms with E-state index < -0.39 is 10.0 Å². The molecular formula is C18H22N2O4S. The lowest BCUT2D eigenvalue weighted by Gasteiger charge is -2.13. The summed E-state index contributed by atoms with van der Waals surface area (Å²) in [7, 11) is -0.636. The van der Waals surface area contributed by atoms with Crippen LogP contribution in [0.4, 0.5) is 5.69 Å². The van der Waals surface area contributed by atoms with Gasteiger partial charge >= 0.3 is 0 Å². The van der Waals surface area contributed by atoms with Gasteiger partial charge in [-0.25, -0.2) is 12.7 Å². The molecule has 0 aromatic heterocycles. The number of anilines is 1. The quantitative estimate of drug-likeness (QED) is 0.857. The number of aryl methyl sites for hydroxylation is 2. The third-order valence-corrected chi connectivity index (χ3v) is 5.27. The minimum Gasteiger partial charge on any atom is -0.484 e. The molecule has 2 aromatic rings. The zero-order valence-electron chi connectivity index (χ0n) is 14.7. The van der Waals surface area contributed by atoms with E-state index in [1.165, 1.54) is 26.2 Å². The molecule has 2 aromatic carbocycles. The second-order valence-electron chi connectivity index (χ2n) is 5.98. The van der Waals surface area contributed by atoms with E-state index in [4.69, 9.17) is 4.74 Å². The Balaban J connectivity index is 2.03. The highest BCUT2D eigenvalue weighted by Gasteiger charge is 2.17. The van der Waals surface area contributed by atoms with Crippen molar-refractivity contribution in [1.82, 2.24) is 4.31 Å². The number of nitrogens with zero attached hydrogens (tertiary/aromatic N) is 1. The van der Waals surface area contributed by atoms with Gasteiger partial charge in [-0.1, -0.05) is 12.1 Å². The molecule has 0 aliphatic carbocycles. The Kier molecular flexibility index (Phi) is 5.81. The lowest BCUT2D eigenvalue weighted by molar-refractivity contribution is -0.118. The van der Waals surface area contributed by atoms with E-state index in [-0.39, 0.29) is 17.4 Å². The summed E-state index contributed by atoms with van der Waals surface area (Å²) < 4.78 is 30.9. The van der Waals surface area contributed by atoms with Crippen molar-refractivity contribution in [2.45, 2.75) is 18.7 Å². The van der Waals surface area contributed by atoms with Crippen LogP contribution >= 0.6 is 0 Å². The molecule has 1 amide bonds. The first-order valence-electron chi connectivity index (χ1n) is 7.72. The topological polar surface area (TPSA) is 75.7 Å². The molecule has 0 spiro atoms. The van der Waals surface area contributed by atoms with Crippen LogP contribution in [0, 0.1) is 13.8 Å². The van der Waals surface area contributed by atoms with Crippen molar-refractivity contribution in [2.75, 3.05) is 26.0 Å². The van der Waals surface area contributed by atoms with Crippen molar-refractivity contribution in [3.8, 4) is 5.75 Å². The van der Waals surface area contributed by atoms with E-state index in [9.17, 15) is 13.2 Å². The highest BCUT2D eigenvalue weighted by Crippen LogP contribution is 2.19. The molecule has 6 nitrogen and oxygen atoms in total. The number of hydrogen-bond donors (Lipinski definition) is 1. The average Bonchev–Trinajstić information content (AvgIpc) is 2.52. The van der Waals surface area contributed by atoms with Crippen LogP contribution in [0.3, 0.4) is 0 Å². The summed E-state index contributed by atoms with van der Waals surface area (Å²) in [5.74, 6) is 0.259. The summed E-state index contributed by atoms with van der Waals surface area (Å²) in [5.41, 5.74) is 2.51. The number of hydrogen-bond acceptors (Lipinski definition) is 4. The molecular weight excluding hydrogens is 340 g/mol. The first-order valence-corrected chi connectivity index (χ1v) is 9.16. The van der Waals surface area contributed by atoms with Crippen LogP contribution in [0.2, 0.25) is 0 Å². The van der Waals surface area contributed by atoms with Crippen LogP contribution in [-0.4, -0.2) is 39.3 Å². The molecule has 0 radical (unpaired) electrons. The smallest absolute Gasteiger partial charge is 0.262 e. The lowest BCUT2D eigenvalue weighted by atomic mass is 10.1.